The number of nitrogens with zero attached hydrogens (tertiary/aromatic N) is 1. The number of benzene rings is 1. The Balaban J connectivity index is 1.68. The fraction of sp³-hybridized carbons (Fsp3) is 0.556. The average Bonchev–Trinajstić information content (AvgIpc) is 2.52. The van der Waals surface area contributed by atoms with Gasteiger partial charge in [-0.3, -0.25) is 4.90 Å². The van der Waals surface area contributed by atoms with Gasteiger partial charge in [0.1, 0.15) is 0 Å². The minimum Gasteiger partial charge on any atom is -0.504 e. The molecule has 3 nitrogen and oxygen atoms in total. The van der Waals surface area contributed by atoms with E-state index in [1.54, 1.807) is 7.11 Å². The number of ether oxygens (including phenoxy) is 1. The van der Waals surface area contributed by atoms with Crippen LogP contribution >= 0.6 is 0 Å². The van der Waals surface area contributed by atoms with Crippen molar-refractivity contribution in [2.75, 3.05) is 20.2 Å². The first-order valence-electron chi connectivity index (χ1n) is 8.05. The summed E-state index contributed by atoms with van der Waals surface area (Å²) in [7, 11) is 1.62. The van der Waals surface area contributed by atoms with E-state index in [2.05, 4.69) is 17.1 Å². The van der Waals surface area contributed by atoms with Crippen molar-refractivity contribution in [3.8, 4) is 11.5 Å². The van der Waals surface area contributed by atoms with E-state index in [1.165, 1.54) is 36.9 Å². The van der Waals surface area contributed by atoms with Crippen LogP contribution in [-0.2, 0) is 6.42 Å². The molecular formula is C18H23NO2. The van der Waals surface area contributed by atoms with Gasteiger partial charge in [-0.05, 0) is 60.8 Å². The summed E-state index contributed by atoms with van der Waals surface area (Å²) in [5, 5.41) is 10.1. The maximum Gasteiger partial charge on any atom is 0.160 e. The molecule has 2 heterocycles. The molecule has 3 atom stereocenters. The highest BCUT2D eigenvalue weighted by molar-refractivity contribution is 5.48. The molecule has 1 saturated heterocycles. The molecule has 3 heteroatoms. The highest BCUT2D eigenvalue weighted by Gasteiger charge is 2.39. The Kier molecular flexibility index (Phi) is 3.18. The van der Waals surface area contributed by atoms with E-state index in [1.807, 2.05) is 12.1 Å². The number of phenolic OH excluding ortho intramolecular Hbond substituents is 1. The van der Waals surface area contributed by atoms with Crippen molar-refractivity contribution < 1.29 is 9.84 Å². The van der Waals surface area contributed by atoms with Gasteiger partial charge in [-0.2, -0.15) is 0 Å². The van der Waals surface area contributed by atoms with Crippen LogP contribution in [0.2, 0.25) is 0 Å². The predicted molar refractivity (Wildman–Crippen MR) is 82.6 cm³/mol. The van der Waals surface area contributed by atoms with E-state index in [0.29, 0.717) is 11.8 Å². The zero-order valence-corrected chi connectivity index (χ0v) is 12.6. The van der Waals surface area contributed by atoms with Gasteiger partial charge in [0.05, 0.1) is 7.11 Å². The van der Waals surface area contributed by atoms with Crippen LogP contribution in [0.5, 0.6) is 11.5 Å². The second kappa shape index (κ2) is 5.06. The maximum atomic E-state index is 10.1. The SMILES string of the molecule is COc1cc2c(cc1O)[C@@H]1C[C@@H]3CC=CC[C@H]3CN1CC2. The van der Waals surface area contributed by atoms with Crippen molar-refractivity contribution in [1.82, 2.24) is 4.90 Å². The molecule has 0 spiro atoms. The van der Waals surface area contributed by atoms with Gasteiger partial charge in [0, 0.05) is 19.1 Å². The predicted octanol–water partition coefficient (Wildman–Crippen LogP) is 3.29. The zero-order valence-electron chi connectivity index (χ0n) is 12.6. The van der Waals surface area contributed by atoms with Gasteiger partial charge in [0.25, 0.3) is 0 Å². The number of aromatic hydroxyl groups is 1. The van der Waals surface area contributed by atoms with E-state index in [4.69, 9.17) is 4.74 Å². The standard InChI is InChI=1S/C18H23NO2/c1-21-18-9-13-6-7-19-11-14-5-3-2-4-12(14)8-16(19)15(13)10-17(18)20/h2-3,9-10,12,14,16,20H,4-8,11H2,1H3/t12-,14-,16-/m0/s1. The van der Waals surface area contributed by atoms with E-state index in [9.17, 15) is 5.11 Å². The fourth-order valence-electron chi connectivity index (χ4n) is 4.46. The number of hydrogen-bond acceptors (Lipinski definition) is 3. The molecular weight excluding hydrogens is 262 g/mol. The van der Waals surface area contributed by atoms with E-state index >= 15 is 0 Å². The summed E-state index contributed by atoms with van der Waals surface area (Å²) in [6, 6.07) is 4.47. The van der Waals surface area contributed by atoms with Gasteiger partial charge in [-0.25, -0.2) is 0 Å². The highest BCUT2D eigenvalue weighted by Crippen LogP contribution is 2.46. The third-order valence-electron chi connectivity index (χ3n) is 5.61. The summed E-state index contributed by atoms with van der Waals surface area (Å²) in [6.45, 7) is 2.35. The molecule has 0 bridgehead atoms. The Morgan fingerprint density at radius 2 is 2.00 bits per heavy atom. The Morgan fingerprint density at radius 1 is 1.19 bits per heavy atom. The van der Waals surface area contributed by atoms with Crippen LogP contribution in [0.4, 0.5) is 0 Å². The number of phenols is 1. The topological polar surface area (TPSA) is 32.7 Å². The largest absolute Gasteiger partial charge is 0.504 e. The molecule has 3 aliphatic rings. The van der Waals surface area contributed by atoms with E-state index in [0.717, 1.165) is 24.8 Å². The molecule has 112 valence electrons. The lowest BCUT2D eigenvalue weighted by Gasteiger charge is -2.48. The molecule has 4 rings (SSSR count). The number of hydrogen-bond donors (Lipinski definition) is 1. The Morgan fingerprint density at radius 3 is 2.81 bits per heavy atom. The maximum absolute atomic E-state index is 10.1. The van der Waals surface area contributed by atoms with Crippen molar-refractivity contribution in [2.45, 2.75) is 31.7 Å². The monoisotopic (exact) mass is 285 g/mol. The smallest absolute Gasteiger partial charge is 0.160 e. The van der Waals surface area contributed by atoms with Gasteiger partial charge in [0.15, 0.2) is 11.5 Å². The summed E-state index contributed by atoms with van der Waals surface area (Å²) in [5.41, 5.74) is 2.68. The molecule has 21 heavy (non-hydrogen) atoms. The summed E-state index contributed by atoms with van der Waals surface area (Å²) in [5.74, 6) is 2.53. The van der Waals surface area contributed by atoms with Crippen molar-refractivity contribution in [2.24, 2.45) is 11.8 Å². The number of fused-ring (bicyclic) bond motifs is 4. The normalized spacial score (nSPS) is 31.2. The second-order valence-electron chi connectivity index (χ2n) is 6.68. The molecule has 2 aliphatic heterocycles. The molecule has 1 N–H and O–H groups in total. The summed E-state index contributed by atoms with van der Waals surface area (Å²) >= 11 is 0. The van der Waals surface area contributed by atoms with Gasteiger partial charge >= 0.3 is 0 Å². The van der Waals surface area contributed by atoms with Crippen LogP contribution in [-0.4, -0.2) is 30.2 Å². The van der Waals surface area contributed by atoms with Crippen LogP contribution in [0.3, 0.4) is 0 Å². The quantitative estimate of drug-likeness (QED) is 0.804. The first-order valence-corrected chi connectivity index (χ1v) is 8.05. The van der Waals surface area contributed by atoms with Crippen molar-refractivity contribution in [3.63, 3.8) is 0 Å². The fourth-order valence-corrected chi connectivity index (χ4v) is 4.46. The van der Waals surface area contributed by atoms with E-state index in [-0.39, 0.29) is 5.75 Å². The highest BCUT2D eigenvalue weighted by atomic mass is 16.5. The van der Waals surface area contributed by atoms with Gasteiger partial charge in [-0.15, -0.1) is 0 Å². The second-order valence-corrected chi connectivity index (χ2v) is 6.68. The van der Waals surface area contributed by atoms with Crippen molar-refractivity contribution in [3.05, 3.63) is 35.4 Å². The van der Waals surface area contributed by atoms with Crippen LogP contribution in [0.15, 0.2) is 24.3 Å². The van der Waals surface area contributed by atoms with Gasteiger partial charge < -0.3 is 9.84 Å². The number of methoxy groups -OCH3 is 1. The molecule has 0 saturated carbocycles. The van der Waals surface area contributed by atoms with Crippen molar-refractivity contribution >= 4 is 0 Å². The van der Waals surface area contributed by atoms with Crippen LogP contribution in [0.25, 0.3) is 0 Å². The number of rotatable bonds is 1. The summed E-state index contributed by atoms with van der Waals surface area (Å²) in [6.07, 6.45) is 9.48. The van der Waals surface area contributed by atoms with Crippen LogP contribution < -0.4 is 4.74 Å². The Labute approximate surface area is 126 Å². The van der Waals surface area contributed by atoms with Gasteiger partial charge in [-0.1, -0.05) is 12.2 Å². The first kappa shape index (κ1) is 13.2. The Bertz CT molecular complexity index is 581. The molecule has 0 unspecified atom stereocenters. The lowest BCUT2D eigenvalue weighted by molar-refractivity contribution is 0.0527. The summed E-state index contributed by atoms with van der Waals surface area (Å²) < 4.78 is 5.26. The lowest BCUT2D eigenvalue weighted by atomic mass is 9.72. The molecule has 1 aromatic rings. The third kappa shape index (κ3) is 2.15. The van der Waals surface area contributed by atoms with Crippen molar-refractivity contribution in [1.29, 1.82) is 0 Å². The molecule has 1 aliphatic carbocycles. The zero-order chi connectivity index (χ0) is 14.4. The van der Waals surface area contributed by atoms with Crippen LogP contribution in [0.1, 0.15) is 36.4 Å². The molecule has 0 amide bonds. The number of allylic oxidation sites excluding steroid dienone is 2. The Hall–Kier alpha value is -1.48. The first-order chi connectivity index (χ1) is 10.3. The molecule has 1 fully saturated rings. The molecule has 0 aromatic heterocycles. The minimum absolute atomic E-state index is 0.281. The summed E-state index contributed by atoms with van der Waals surface area (Å²) in [4.78, 5) is 2.63. The third-order valence-corrected chi connectivity index (χ3v) is 5.61. The van der Waals surface area contributed by atoms with Gasteiger partial charge in [0.2, 0.25) is 0 Å². The molecule has 0 radical (unpaired) electrons. The van der Waals surface area contributed by atoms with Crippen LogP contribution in [0, 0.1) is 11.8 Å². The van der Waals surface area contributed by atoms with E-state index < -0.39 is 0 Å². The average molecular weight is 285 g/mol. The lowest BCUT2D eigenvalue weighted by Crippen LogP contribution is -2.46. The number of piperidine rings is 1. The minimum atomic E-state index is 0.281. The molecule has 1 aromatic carbocycles.